The molecule has 0 aliphatic rings. The summed E-state index contributed by atoms with van der Waals surface area (Å²) < 4.78 is 5.67. The molecule has 0 aliphatic heterocycles. The zero-order valence-corrected chi connectivity index (χ0v) is 12.0. The van der Waals surface area contributed by atoms with E-state index in [-0.39, 0.29) is 11.8 Å². The summed E-state index contributed by atoms with van der Waals surface area (Å²) in [6.07, 6.45) is 0. The summed E-state index contributed by atoms with van der Waals surface area (Å²) in [7, 11) is 1.31. The molecular formula is C13H12ClNO3S. The van der Waals surface area contributed by atoms with Crippen LogP contribution in [0.3, 0.4) is 0 Å². The fourth-order valence-corrected chi connectivity index (χ4v) is 3.07. The fraction of sp³-hybridized carbons (Fsp3) is 0.231. The van der Waals surface area contributed by atoms with Gasteiger partial charge in [-0.15, -0.1) is 22.9 Å². The van der Waals surface area contributed by atoms with Crippen molar-refractivity contribution in [2.75, 3.05) is 18.3 Å². The predicted molar refractivity (Wildman–Crippen MR) is 77.3 cm³/mol. The summed E-state index contributed by atoms with van der Waals surface area (Å²) in [5.74, 6) is -0.982. The molecule has 2 rings (SSSR count). The second kappa shape index (κ2) is 5.59. The molecule has 0 radical (unpaired) electrons. The van der Waals surface area contributed by atoms with E-state index in [0.29, 0.717) is 10.6 Å². The number of carbonyl (C=O) groups is 2. The lowest BCUT2D eigenvalue weighted by Gasteiger charge is -2.06. The van der Waals surface area contributed by atoms with Crippen molar-refractivity contribution in [3.8, 4) is 0 Å². The Balaban J connectivity index is 2.66. The van der Waals surface area contributed by atoms with E-state index in [1.54, 1.807) is 0 Å². The van der Waals surface area contributed by atoms with Gasteiger partial charge >= 0.3 is 5.97 Å². The topological polar surface area (TPSA) is 55.4 Å². The zero-order valence-electron chi connectivity index (χ0n) is 10.5. The number of alkyl halides is 1. The van der Waals surface area contributed by atoms with E-state index in [2.05, 4.69) is 5.32 Å². The number of benzene rings is 1. The standard InChI is InChI=1S/C13H12ClNO3S/c1-7-4-3-5-8-10(7)11(15-9(16)6-14)12(19-8)13(17)18-2/h3-5H,6H2,1-2H3,(H,15,16). The predicted octanol–water partition coefficient (Wildman–Crippen LogP) is 3.17. The average molecular weight is 298 g/mol. The van der Waals surface area contributed by atoms with E-state index in [4.69, 9.17) is 16.3 Å². The number of carbonyl (C=O) groups excluding carboxylic acids is 2. The number of hydrogen-bond acceptors (Lipinski definition) is 4. The van der Waals surface area contributed by atoms with Gasteiger partial charge in [-0.25, -0.2) is 4.79 Å². The number of halogens is 1. The van der Waals surface area contributed by atoms with Crippen LogP contribution in [-0.4, -0.2) is 24.9 Å². The minimum absolute atomic E-state index is 0.163. The largest absolute Gasteiger partial charge is 0.465 e. The van der Waals surface area contributed by atoms with Crippen molar-refractivity contribution in [1.82, 2.24) is 0 Å². The van der Waals surface area contributed by atoms with Gasteiger partial charge in [-0.05, 0) is 18.6 Å². The van der Waals surface area contributed by atoms with Crippen LogP contribution in [0.2, 0.25) is 0 Å². The number of amides is 1. The van der Waals surface area contributed by atoms with Gasteiger partial charge in [0.2, 0.25) is 5.91 Å². The van der Waals surface area contributed by atoms with Gasteiger partial charge in [0, 0.05) is 10.1 Å². The van der Waals surface area contributed by atoms with Crippen LogP contribution in [0, 0.1) is 6.92 Å². The van der Waals surface area contributed by atoms with Crippen molar-refractivity contribution < 1.29 is 14.3 Å². The Kier molecular flexibility index (Phi) is 4.07. The van der Waals surface area contributed by atoms with E-state index in [0.717, 1.165) is 15.6 Å². The van der Waals surface area contributed by atoms with Crippen LogP contribution in [0.15, 0.2) is 18.2 Å². The average Bonchev–Trinajstić information content (AvgIpc) is 2.78. The van der Waals surface area contributed by atoms with Gasteiger partial charge in [-0.2, -0.15) is 0 Å². The van der Waals surface area contributed by atoms with Crippen molar-refractivity contribution in [3.05, 3.63) is 28.6 Å². The number of nitrogens with one attached hydrogen (secondary N) is 1. The number of esters is 1. The van der Waals surface area contributed by atoms with Crippen LogP contribution in [0.1, 0.15) is 15.2 Å². The van der Waals surface area contributed by atoms with Gasteiger partial charge in [-0.1, -0.05) is 12.1 Å². The molecule has 0 aliphatic carbocycles. The highest BCUT2D eigenvalue weighted by molar-refractivity contribution is 7.21. The Hall–Kier alpha value is -1.59. The molecule has 0 spiro atoms. The lowest BCUT2D eigenvalue weighted by atomic mass is 10.1. The van der Waals surface area contributed by atoms with Crippen LogP contribution in [0.5, 0.6) is 0 Å². The quantitative estimate of drug-likeness (QED) is 0.699. The molecule has 4 nitrogen and oxygen atoms in total. The molecule has 0 atom stereocenters. The number of hydrogen-bond donors (Lipinski definition) is 1. The van der Waals surface area contributed by atoms with Crippen molar-refractivity contribution in [2.45, 2.75) is 6.92 Å². The molecule has 0 bridgehead atoms. The number of thiophene rings is 1. The normalized spacial score (nSPS) is 10.5. The first-order valence-corrected chi connectivity index (χ1v) is 6.89. The van der Waals surface area contributed by atoms with Crippen molar-refractivity contribution >= 4 is 50.6 Å². The molecule has 1 heterocycles. The van der Waals surface area contributed by atoms with Crippen molar-refractivity contribution in [2.24, 2.45) is 0 Å². The third kappa shape index (κ3) is 2.57. The van der Waals surface area contributed by atoms with Gasteiger partial charge in [-0.3, -0.25) is 4.79 Å². The molecule has 1 aromatic carbocycles. The maximum atomic E-state index is 11.8. The van der Waals surface area contributed by atoms with Gasteiger partial charge < -0.3 is 10.1 Å². The first-order valence-electron chi connectivity index (χ1n) is 5.54. The highest BCUT2D eigenvalue weighted by Crippen LogP contribution is 2.38. The molecule has 100 valence electrons. The Morgan fingerprint density at radius 3 is 2.79 bits per heavy atom. The highest BCUT2D eigenvalue weighted by atomic mass is 35.5. The first kappa shape index (κ1) is 13.8. The van der Waals surface area contributed by atoms with E-state index in [1.165, 1.54) is 18.4 Å². The summed E-state index contributed by atoms with van der Waals surface area (Å²) in [5.41, 5.74) is 1.46. The summed E-state index contributed by atoms with van der Waals surface area (Å²) in [6, 6.07) is 5.73. The van der Waals surface area contributed by atoms with Crippen LogP contribution in [0.4, 0.5) is 5.69 Å². The number of aryl methyl sites for hydroxylation is 1. The molecule has 6 heteroatoms. The third-order valence-electron chi connectivity index (χ3n) is 2.68. The van der Waals surface area contributed by atoms with E-state index < -0.39 is 5.97 Å². The highest BCUT2D eigenvalue weighted by Gasteiger charge is 2.21. The molecular weight excluding hydrogens is 286 g/mol. The molecule has 0 fully saturated rings. The minimum Gasteiger partial charge on any atom is -0.465 e. The molecule has 19 heavy (non-hydrogen) atoms. The molecule has 0 saturated carbocycles. The SMILES string of the molecule is COC(=O)c1sc2cccc(C)c2c1NC(=O)CCl. The van der Waals surface area contributed by atoms with E-state index >= 15 is 0 Å². The van der Waals surface area contributed by atoms with Crippen LogP contribution < -0.4 is 5.32 Å². The van der Waals surface area contributed by atoms with E-state index in [9.17, 15) is 9.59 Å². The lowest BCUT2D eigenvalue weighted by molar-refractivity contribution is -0.113. The second-order valence-electron chi connectivity index (χ2n) is 3.93. The van der Waals surface area contributed by atoms with E-state index in [1.807, 2.05) is 25.1 Å². The Morgan fingerprint density at radius 2 is 2.16 bits per heavy atom. The van der Waals surface area contributed by atoms with Crippen LogP contribution >= 0.6 is 22.9 Å². The van der Waals surface area contributed by atoms with Gasteiger partial charge in [0.15, 0.2) is 0 Å². The molecule has 0 unspecified atom stereocenters. The Morgan fingerprint density at radius 1 is 1.42 bits per heavy atom. The number of ether oxygens (including phenoxy) is 1. The summed E-state index contributed by atoms with van der Waals surface area (Å²) >= 11 is 6.79. The van der Waals surface area contributed by atoms with Crippen LogP contribution in [-0.2, 0) is 9.53 Å². The summed E-state index contributed by atoms with van der Waals surface area (Å²) in [6.45, 7) is 1.92. The van der Waals surface area contributed by atoms with Crippen molar-refractivity contribution in [1.29, 1.82) is 0 Å². The summed E-state index contributed by atoms with van der Waals surface area (Å²) in [4.78, 5) is 23.7. The third-order valence-corrected chi connectivity index (χ3v) is 4.06. The van der Waals surface area contributed by atoms with Crippen LogP contribution in [0.25, 0.3) is 10.1 Å². The number of fused-ring (bicyclic) bond motifs is 1. The maximum absolute atomic E-state index is 11.8. The Labute approximate surface area is 119 Å². The lowest BCUT2D eigenvalue weighted by Crippen LogP contribution is -2.15. The van der Waals surface area contributed by atoms with Crippen molar-refractivity contribution in [3.63, 3.8) is 0 Å². The van der Waals surface area contributed by atoms with Gasteiger partial charge in [0.05, 0.1) is 12.8 Å². The van der Waals surface area contributed by atoms with Gasteiger partial charge in [0.25, 0.3) is 0 Å². The number of anilines is 1. The summed E-state index contributed by atoms with van der Waals surface area (Å²) in [5, 5.41) is 3.53. The Bertz CT molecular complexity index is 651. The maximum Gasteiger partial charge on any atom is 0.350 e. The number of rotatable bonds is 3. The molecule has 0 saturated heterocycles. The smallest absolute Gasteiger partial charge is 0.350 e. The molecule has 1 amide bonds. The number of methoxy groups -OCH3 is 1. The second-order valence-corrected chi connectivity index (χ2v) is 5.25. The zero-order chi connectivity index (χ0) is 14.0. The monoisotopic (exact) mass is 297 g/mol. The fourth-order valence-electron chi connectivity index (χ4n) is 1.85. The minimum atomic E-state index is -0.467. The van der Waals surface area contributed by atoms with Gasteiger partial charge in [0.1, 0.15) is 10.8 Å². The first-order chi connectivity index (χ1) is 9.08. The molecule has 1 N–H and O–H groups in total. The molecule has 1 aromatic heterocycles. The molecule has 2 aromatic rings.